The van der Waals surface area contributed by atoms with Crippen molar-refractivity contribution in [2.24, 2.45) is 10.2 Å². The molecule has 0 spiro atoms. The van der Waals surface area contributed by atoms with Gasteiger partial charge in [-0.3, -0.25) is 0 Å². The first-order valence-corrected chi connectivity index (χ1v) is 11.3. The summed E-state index contributed by atoms with van der Waals surface area (Å²) >= 11 is 0. The van der Waals surface area contributed by atoms with Gasteiger partial charge in [0.15, 0.2) is 9.84 Å². The normalized spacial score (nSPS) is 11.4. The molecule has 0 heterocycles. The second-order valence-corrected chi connectivity index (χ2v) is 8.61. The number of esters is 1. The third kappa shape index (κ3) is 7.79. The van der Waals surface area contributed by atoms with Gasteiger partial charge in [0.1, 0.15) is 5.75 Å². The van der Waals surface area contributed by atoms with E-state index in [4.69, 9.17) is 9.47 Å². The van der Waals surface area contributed by atoms with Crippen molar-refractivity contribution in [1.29, 1.82) is 0 Å². The largest absolute Gasteiger partial charge is 0.497 e. The number of unbranched alkanes of at least 4 members (excludes halogenated alkanes) is 3. The molecule has 2 rings (SSSR count). The topological polar surface area (TPSA) is 94.4 Å². The number of hydrogen-bond acceptors (Lipinski definition) is 7. The van der Waals surface area contributed by atoms with Crippen LogP contribution in [0, 0.1) is 0 Å². The molecule has 0 radical (unpaired) electrons. The van der Waals surface area contributed by atoms with Crippen LogP contribution in [0.15, 0.2) is 76.3 Å². The van der Waals surface area contributed by atoms with Crippen molar-refractivity contribution < 1.29 is 22.7 Å². The molecule has 0 aliphatic heterocycles. The van der Waals surface area contributed by atoms with Crippen LogP contribution in [-0.2, 0) is 19.4 Å². The summed E-state index contributed by atoms with van der Waals surface area (Å²) in [5, 5.41) is 8.25. The van der Waals surface area contributed by atoms with Crippen molar-refractivity contribution in [3.8, 4) is 5.75 Å². The highest BCUT2D eigenvalue weighted by Gasteiger charge is 2.13. The standard InChI is InChI=1S/C22H26N2O5S/c1-3-22(25)29-16-6-4-5-7-17-30(26,27)21-14-10-19(11-15-21)24-23-18-8-12-20(28-2)13-9-18/h3,8-15H,1,4-7,16-17H2,2H3. The van der Waals surface area contributed by atoms with Crippen LogP contribution in [0.3, 0.4) is 0 Å². The van der Waals surface area contributed by atoms with Crippen molar-refractivity contribution in [1.82, 2.24) is 0 Å². The number of rotatable bonds is 12. The third-order valence-electron chi connectivity index (χ3n) is 4.27. The smallest absolute Gasteiger partial charge is 0.330 e. The SMILES string of the molecule is C=CC(=O)OCCCCCCS(=O)(=O)c1ccc(N=Nc2ccc(OC)cc2)cc1. The molecule has 8 heteroatoms. The first kappa shape index (κ1) is 23.3. The monoisotopic (exact) mass is 430 g/mol. The summed E-state index contributed by atoms with van der Waals surface area (Å²) in [5.41, 5.74) is 1.24. The van der Waals surface area contributed by atoms with Gasteiger partial charge in [-0.1, -0.05) is 19.4 Å². The summed E-state index contributed by atoms with van der Waals surface area (Å²) in [5.74, 6) is 0.371. The predicted molar refractivity (Wildman–Crippen MR) is 115 cm³/mol. The van der Waals surface area contributed by atoms with E-state index in [1.165, 1.54) is 0 Å². The van der Waals surface area contributed by atoms with Crippen molar-refractivity contribution >= 4 is 27.2 Å². The Labute approximate surface area is 177 Å². The maximum Gasteiger partial charge on any atom is 0.330 e. The Morgan fingerprint density at radius 1 is 0.933 bits per heavy atom. The van der Waals surface area contributed by atoms with E-state index < -0.39 is 15.8 Å². The van der Waals surface area contributed by atoms with Gasteiger partial charge in [-0.25, -0.2) is 13.2 Å². The number of ether oxygens (including phenoxy) is 2. The summed E-state index contributed by atoms with van der Waals surface area (Å²) in [6.07, 6.45) is 3.92. The predicted octanol–water partition coefficient (Wildman–Crippen LogP) is 5.17. The van der Waals surface area contributed by atoms with Crippen LogP contribution in [0.1, 0.15) is 25.7 Å². The van der Waals surface area contributed by atoms with Gasteiger partial charge in [-0.05, 0) is 61.4 Å². The fraction of sp³-hybridized carbons (Fsp3) is 0.318. The zero-order valence-corrected chi connectivity index (χ0v) is 17.8. The number of hydrogen-bond donors (Lipinski definition) is 0. The maximum absolute atomic E-state index is 12.5. The zero-order chi connectivity index (χ0) is 21.8. The summed E-state index contributed by atoms with van der Waals surface area (Å²) in [6.45, 7) is 3.65. The van der Waals surface area contributed by atoms with Gasteiger partial charge in [0.05, 0.1) is 35.7 Å². The van der Waals surface area contributed by atoms with E-state index in [0.717, 1.165) is 24.7 Å². The van der Waals surface area contributed by atoms with Crippen LogP contribution >= 0.6 is 0 Å². The Bertz CT molecular complexity index is 952. The molecule has 0 saturated carbocycles. The van der Waals surface area contributed by atoms with Gasteiger partial charge >= 0.3 is 5.97 Å². The number of methoxy groups -OCH3 is 1. The van der Waals surface area contributed by atoms with Crippen LogP contribution in [0.5, 0.6) is 5.75 Å². The molecule has 0 fully saturated rings. The molecule has 0 aliphatic carbocycles. The number of carbonyl (C=O) groups is 1. The first-order chi connectivity index (χ1) is 14.4. The van der Waals surface area contributed by atoms with Crippen LogP contribution in [0.4, 0.5) is 11.4 Å². The molecule has 0 N–H and O–H groups in total. The second-order valence-electron chi connectivity index (χ2n) is 6.50. The van der Waals surface area contributed by atoms with E-state index in [1.807, 2.05) is 0 Å². The minimum absolute atomic E-state index is 0.0756. The quantitative estimate of drug-likeness (QED) is 0.200. The van der Waals surface area contributed by atoms with Gasteiger partial charge in [-0.15, -0.1) is 0 Å². The minimum atomic E-state index is -3.35. The van der Waals surface area contributed by atoms with E-state index in [-0.39, 0.29) is 10.6 Å². The van der Waals surface area contributed by atoms with Gasteiger partial charge < -0.3 is 9.47 Å². The van der Waals surface area contributed by atoms with Crippen LogP contribution in [0.25, 0.3) is 0 Å². The van der Waals surface area contributed by atoms with Crippen molar-refractivity contribution in [3.05, 3.63) is 61.2 Å². The summed E-state index contributed by atoms with van der Waals surface area (Å²) in [6, 6.07) is 13.5. The van der Waals surface area contributed by atoms with E-state index in [9.17, 15) is 13.2 Å². The Kier molecular flexibility index (Phi) is 9.21. The minimum Gasteiger partial charge on any atom is -0.497 e. The maximum atomic E-state index is 12.5. The molecule has 0 atom stereocenters. The molecule has 0 unspecified atom stereocenters. The highest BCUT2D eigenvalue weighted by atomic mass is 32.2. The molecule has 0 aromatic heterocycles. The summed E-state index contributed by atoms with van der Waals surface area (Å²) in [7, 11) is -1.75. The van der Waals surface area contributed by atoms with E-state index >= 15 is 0 Å². The van der Waals surface area contributed by atoms with E-state index in [1.54, 1.807) is 55.6 Å². The molecule has 160 valence electrons. The van der Waals surface area contributed by atoms with Crippen LogP contribution in [0.2, 0.25) is 0 Å². The Hall–Kier alpha value is -3.00. The van der Waals surface area contributed by atoms with Gasteiger partial charge in [0.2, 0.25) is 0 Å². The molecule has 30 heavy (non-hydrogen) atoms. The third-order valence-corrected chi connectivity index (χ3v) is 6.08. The lowest BCUT2D eigenvalue weighted by Gasteiger charge is -2.05. The second kappa shape index (κ2) is 11.9. The molecule has 0 amide bonds. The molecule has 7 nitrogen and oxygen atoms in total. The molecular formula is C22H26N2O5S. The fourth-order valence-corrected chi connectivity index (χ4v) is 3.95. The zero-order valence-electron chi connectivity index (χ0n) is 17.0. The summed E-state index contributed by atoms with van der Waals surface area (Å²) < 4.78 is 34.9. The lowest BCUT2D eigenvalue weighted by molar-refractivity contribution is -0.137. The van der Waals surface area contributed by atoms with Crippen LogP contribution < -0.4 is 4.74 Å². The first-order valence-electron chi connectivity index (χ1n) is 9.62. The van der Waals surface area contributed by atoms with Crippen LogP contribution in [-0.4, -0.2) is 33.9 Å². The molecule has 0 aliphatic rings. The van der Waals surface area contributed by atoms with Crippen molar-refractivity contribution in [3.63, 3.8) is 0 Å². The van der Waals surface area contributed by atoms with Gasteiger partial charge in [-0.2, -0.15) is 10.2 Å². The Balaban J connectivity index is 1.80. The molecule has 0 bridgehead atoms. The molecule has 2 aromatic carbocycles. The lowest BCUT2D eigenvalue weighted by atomic mass is 10.2. The fourth-order valence-electron chi connectivity index (χ4n) is 2.58. The number of nitrogens with zero attached hydrogens (tertiary/aromatic N) is 2. The average Bonchev–Trinajstić information content (AvgIpc) is 2.77. The molecule has 0 saturated heterocycles. The summed E-state index contributed by atoms with van der Waals surface area (Å²) in [4.78, 5) is 11.2. The Morgan fingerprint density at radius 3 is 2.07 bits per heavy atom. The van der Waals surface area contributed by atoms with Crippen molar-refractivity contribution in [2.45, 2.75) is 30.6 Å². The number of sulfone groups is 1. The van der Waals surface area contributed by atoms with Gasteiger partial charge in [0.25, 0.3) is 0 Å². The van der Waals surface area contributed by atoms with E-state index in [0.29, 0.717) is 30.8 Å². The van der Waals surface area contributed by atoms with E-state index in [2.05, 4.69) is 16.8 Å². The number of benzene rings is 2. The highest BCUT2D eigenvalue weighted by molar-refractivity contribution is 7.91. The van der Waals surface area contributed by atoms with Crippen molar-refractivity contribution in [2.75, 3.05) is 19.5 Å². The van der Waals surface area contributed by atoms with Gasteiger partial charge in [0, 0.05) is 6.08 Å². The average molecular weight is 431 g/mol. The number of carbonyl (C=O) groups excluding carboxylic acids is 1. The highest BCUT2D eigenvalue weighted by Crippen LogP contribution is 2.23. The molecular weight excluding hydrogens is 404 g/mol. The Morgan fingerprint density at radius 2 is 1.50 bits per heavy atom. The lowest BCUT2D eigenvalue weighted by Crippen LogP contribution is -2.07. The number of azo groups is 1. The molecule has 2 aromatic rings.